The molecule has 0 unspecified atom stereocenters. The Bertz CT molecular complexity index is 364. The van der Waals surface area contributed by atoms with E-state index < -0.39 is 15.4 Å². The molecule has 0 amide bonds. The summed E-state index contributed by atoms with van der Waals surface area (Å²) < 4.78 is 6.13. The highest BCUT2D eigenvalue weighted by atomic mass is 29.3. The SMILES string of the molecule is C[Si](C)(C)[Si](C)(C)OC/C=C/c1ccccc1. The van der Waals surface area contributed by atoms with Gasteiger partial charge in [0.05, 0.1) is 14.2 Å². The Morgan fingerprint density at radius 1 is 1.00 bits per heavy atom. The Hall–Kier alpha value is -0.646. The Kier molecular flexibility index (Phi) is 4.92. The van der Waals surface area contributed by atoms with E-state index in [4.69, 9.17) is 4.43 Å². The molecule has 0 bridgehead atoms. The van der Waals surface area contributed by atoms with Crippen LogP contribution >= 0.6 is 0 Å². The van der Waals surface area contributed by atoms with Crippen LogP contribution < -0.4 is 0 Å². The van der Waals surface area contributed by atoms with Crippen LogP contribution in [0.3, 0.4) is 0 Å². The molecule has 3 heteroatoms. The third-order valence-electron chi connectivity index (χ3n) is 3.46. The molecule has 0 saturated carbocycles. The van der Waals surface area contributed by atoms with E-state index in [-0.39, 0.29) is 0 Å². The van der Waals surface area contributed by atoms with Crippen LogP contribution in [0.15, 0.2) is 36.4 Å². The van der Waals surface area contributed by atoms with E-state index in [1.807, 2.05) is 6.07 Å². The molecule has 0 heterocycles. The van der Waals surface area contributed by atoms with Crippen molar-refractivity contribution in [2.24, 2.45) is 0 Å². The molecule has 0 aliphatic heterocycles. The van der Waals surface area contributed by atoms with Crippen molar-refractivity contribution < 1.29 is 4.43 Å². The minimum Gasteiger partial charge on any atom is -0.416 e. The van der Waals surface area contributed by atoms with E-state index in [1.165, 1.54) is 5.56 Å². The molecule has 0 N–H and O–H groups in total. The van der Waals surface area contributed by atoms with Crippen molar-refractivity contribution in [1.29, 1.82) is 0 Å². The smallest absolute Gasteiger partial charge is 0.174 e. The van der Waals surface area contributed by atoms with Gasteiger partial charge >= 0.3 is 0 Å². The first-order chi connectivity index (χ1) is 7.83. The third-order valence-corrected chi connectivity index (χ3v) is 19.2. The van der Waals surface area contributed by atoms with Gasteiger partial charge in [-0.2, -0.15) is 0 Å². The predicted molar refractivity (Wildman–Crippen MR) is 82.3 cm³/mol. The third kappa shape index (κ3) is 4.62. The highest BCUT2D eigenvalue weighted by molar-refractivity contribution is 7.37. The van der Waals surface area contributed by atoms with E-state index in [0.717, 1.165) is 6.61 Å². The van der Waals surface area contributed by atoms with Gasteiger partial charge in [-0.3, -0.25) is 0 Å². The molecule has 0 saturated heterocycles. The van der Waals surface area contributed by atoms with Crippen molar-refractivity contribution >= 4 is 21.5 Å². The summed E-state index contributed by atoms with van der Waals surface area (Å²) in [5.41, 5.74) is 1.24. The number of hydrogen-bond acceptors (Lipinski definition) is 1. The van der Waals surface area contributed by atoms with Crippen LogP contribution in [0.2, 0.25) is 32.7 Å². The topological polar surface area (TPSA) is 9.23 Å². The second kappa shape index (κ2) is 5.80. The van der Waals surface area contributed by atoms with Crippen molar-refractivity contribution in [1.82, 2.24) is 0 Å². The highest BCUT2D eigenvalue weighted by Crippen LogP contribution is 2.19. The minimum absolute atomic E-state index is 0.748. The Morgan fingerprint density at radius 3 is 2.12 bits per heavy atom. The summed E-state index contributed by atoms with van der Waals surface area (Å²) in [5, 5.41) is 0. The summed E-state index contributed by atoms with van der Waals surface area (Å²) in [4.78, 5) is 0. The van der Waals surface area contributed by atoms with E-state index >= 15 is 0 Å². The fraction of sp³-hybridized carbons (Fsp3) is 0.429. The molecule has 94 valence electrons. The second-order valence-corrected chi connectivity index (χ2v) is 21.8. The van der Waals surface area contributed by atoms with Gasteiger partial charge in [0, 0.05) is 0 Å². The fourth-order valence-electron chi connectivity index (χ4n) is 1.22. The van der Waals surface area contributed by atoms with Gasteiger partial charge < -0.3 is 4.43 Å². The standard InChI is InChI=1S/C14H24OSi2/c1-16(2,3)17(4,5)15-13-9-12-14-10-7-6-8-11-14/h6-12H,13H2,1-5H3/b12-9+. The van der Waals surface area contributed by atoms with Crippen molar-refractivity contribution in [2.75, 3.05) is 6.61 Å². The summed E-state index contributed by atoms with van der Waals surface area (Å²) in [5.74, 6) is 0. The molecule has 1 nitrogen and oxygen atoms in total. The largest absolute Gasteiger partial charge is 0.416 e. The molecule has 0 radical (unpaired) electrons. The van der Waals surface area contributed by atoms with E-state index in [0.29, 0.717) is 0 Å². The summed E-state index contributed by atoms with van der Waals surface area (Å²) >= 11 is 0. The molecule has 0 aliphatic carbocycles. The van der Waals surface area contributed by atoms with Crippen LogP contribution in [0.25, 0.3) is 6.08 Å². The van der Waals surface area contributed by atoms with Gasteiger partial charge in [0.25, 0.3) is 0 Å². The molecule has 0 atom stereocenters. The Balaban J connectivity index is 2.46. The number of benzene rings is 1. The van der Waals surface area contributed by atoms with Crippen LogP contribution in [0.4, 0.5) is 0 Å². The van der Waals surface area contributed by atoms with Crippen molar-refractivity contribution in [3.8, 4) is 0 Å². The molecule has 0 fully saturated rings. The summed E-state index contributed by atoms with van der Waals surface area (Å²) in [6, 6.07) is 10.4. The van der Waals surface area contributed by atoms with Gasteiger partial charge in [-0.1, -0.05) is 62.1 Å². The lowest BCUT2D eigenvalue weighted by Crippen LogP contribution is -2.54. The molecule has 1 aromatic rings. The molecule has 1 aromatic carbocycles. The molecular formula is C14H24OSi2. The molecule has 17 heavy (non-hydrogen) atoms. The second-order valence-electron chi connectivity index (χ2n) is 5.88. The molecule has 0 aliphatic rings. The van der Waals surface area contributed by atoms with E-state index in [2.05, 4.69) is 69.2 Å². The van der Waals surface area contributed by atoms with Gasteiger partial charge in [0.1, 0.15) is 0 Å². The van der Waals surface area contributed by atoms with Gasteiger partial charge in [0.2, 0.25) is 0 Å². The van der Waals surface area contributed by atoms with Crippen molar-refractivity contribution in [2.45, 2.75) is 32.7 Å². The summed E-state index contributed by atoms with van der Waals surface area (Å²) in [6.45, 7) is 12.6. The number of hydrogen-bond donors (Lipinski definition) is 0. The maximum atomic E-state index is 6.13. The molecular weight excluding hydrogens is 240 g/mol. The van der Waals surface area contributed by atoms with Crippen LogP contribution in [0, 0.1) is 0 Å². The maximum Gasteiger partial charge on any atom is 0.174 e. The molecule has 0 spiro atoms. The van der Waals surface area contributed by atoms with Crippen LogP contribution in [0.5, 0.6) is 0 Å². The van der Waals surface area contributed by atoms with Crippen molar-refractivity contribution in [3.05, 3.63) is 42.0 Å². The molecule has 0 aromatic heterocycles. The Morgan fingerprint density at radius 2 is 1.59 bits per heavy atom. The summed E-state index contributed by atoms with van der Waals surface area (Å²) in [7, 11) is -2.59. The minimum atomic E-state index is -1.46. The van der Waals surface area contributed by atoms with E-state index in [1.54, 1.807) is 0 Å². The zero-order valence-corrected chi connectivity index (χ0v) is 13.7. The lowest BCUT2D eigenvalue weighted by Gasteiger charge is -2.34. The lowest BCUT2D eigenvalue weighted by molar-refractivity contribution is 0.366. The van der Waals surface area contributed by atoms with Gasteiger partial charge in [-0.05, 0) is 18.7 Å². The quantitative estimate of drug-likeness (QED) is 0.719. The van der Waals surface area contributed by atoms with Crippen LogP contribution in [-0.4, -0.2) is 22.0 Å². The first-order valence-electron chi connectivity index (χ1n) is 6.18. The number of rotatable bonds is 5. The van der Waals surface area contributed by atoms with Crippen molar-refractivity contribution in [3.63, 3.8) is 0 Å². The van der Waals surface area contributed by atoms with Gasteiger partial charge in [0.15, 0.2) is 7.83 Å². The maximum absolute atomic E-state index is 6.13. The fourth-order valence-corrected chi connectivity index (χ4v) is 3.72. The zero-order chi connectivity index (χ0) is 12.9. The average molecular weight is 265 g/mol. The molecule has 1 rings (SSSR count). The first-order valence-corrected chi connectivity index (χ1v) is 13.6. The summed E-state index contributed by atoms with van der Waals surface area (Å²) in [6.07, 6.45) is 4.26. The van der Waals surface area contributed by atoms with Crippen LogP contribution in [-0.2, 0) is 4.43 Å². The first kappa shape index (κ1) is 14.4. The highest BCUT2D eigenvalue weighted by Gasteiger charge is 2.38. The van der Waals surface area contributed by atoms with Gasteiger partial charge in [-0.25, -0.2) is 0 Å². The normalized spacial score (nSPS) is 13.2. The van der Waals surface area contributed by atoms with E-state index in [9.17, 15) is 0 Å². The zero-order valence-electron chi connectivity index (χ0n) is 11.7. The van der Waals surface area contributed by atoms with Gasteiger partial charge in [-0.15, -0.1) is 0 Å². The predicted octanol–water partition coefficient (Wildman–Crippen LogP) is 4.34. The average Bonchev–Trinajstić information content (AvgIpc) is 2.24. The monoisotopic (exact) mass is 264 g/mol. The Labute approximate surface area is 107 Å². The van der Waals surface area contributed by atoms with Crippen LogP contribution in [0.1, 0.15) is 5.56 Å². The lowest BCUT2D eigenvalue weighted by atomic mass is 10.2.